The summed E-state index contributed by atoms with van der Waals surface area (Å²) in [6.45, 7) is 9.48. The zero-order chi connectivity index (χ0) is 15.6. The predicted molar refractivity (Wildman–Crippen MR) is 82.3 cm³/mol. The van der Waals surface area contributed by atoms with Crippen LogP contribution in [0.1, 0.15) is 60.3 Å². The molecule has 20 heavy (non-hydrogen) atoms. The van der Waals surface area contributed by atoms with Crippen LogP contribution in [0.2, 0.25) is 0 Å². The molecule has 0 amide bonds. The van der Waals surface area contributed by atoms with Crippen LogP contribution in [0.4, 0.5) is 4.39 Å². The highest BCUT2D eigenvalue weighted by molar-refractivity contribution is 5.83. The second-order valence-corrected chi connectivity index (χ2v) is 5.99. The van der Waals surface area contributed by atoms with Crippen LogP contribution < -0.4 is 0 Å². The fourth-order valence-corrected chi connectivity index (χ4v) is 1.89. The zero-order valence-corrected chi connectivity index (χ0v) is 13.5. The third kappa shape index (κ3) is 11.9. The summed E-state index contributed by atoms with van der Waals surface area (Å²) in [6, 6.07) is 0. The summed E-state index contributed by atoms with van der Waals surface area (Å²) in [5.74, 6) is 0.233. The molecule has 2 nitrogen and oxygen atoms in total. The van der Waals surface area contributed by atoms with Crippen molar-refractivity contribution in [1.82, 2.24) is 0 Å². The van der Waals surface area contributed by atoms with Gasteiger partial charge in [0.2, 0.25) is 0 Å². The molecular weight excluding hydrogens is 255 g/mol. The Hall–Kier alpha value is -1.12. The Kier molecular flexibility index (Phi) is 9.19. The van der Waals surface area contributed by atoms with Gasteiger partial charge in [-0.1, -0.05) is 31.9 Å². The van der Waals surface area contributed by atoms with E-state index in [9.17, 15) is 9.18 Å². The molecule has 3 heteroatoms. The van der Waals surface area contributed by atoms with Crippen LogP contribution in [-0.4, -0.2) is 18.2 Å². The summed E-state index contributed by atoms with van der Waals surface area (Å²) in [7, 11) is 0. The van der Waals surface area contributed by atoms with Gasteiger partial charge in [0.05, 0.1) is 6.61 Å². The van der Waals surface area contributed by atoms with Crippen molar-refractivity contribution >= 4 is 5.97 Å². The van der Waals surface area contributed by atoms with Crippen molar-refractivity contribution in [2.75, 3.05) is 6.61 Å². The number of alkyl halides is 1. The Bertz CT molecular complexity index is 337. The smallest absolute Gasteiger partial charge is 0.330 e. The van der Waals surface area contributed by atoms with Gasteiger partial charge in [0, 0.05) is 6.08 Å². The number of allylic oxidation sites excluding steroid dienone is 3. The van der Waals surface area contributed by atoms with E-state index in [1.54, 1.807) is 20.8 Å². The largest absolute Gasteiger partial charge is 0.463 e. The minimum absolute atomic E-state index is 0.298. The van der Waals surface area contributed by atoms with Crippen molar-refractivity contribution in [3.8, 4) is 0 Å². The number of esters is 1. The van der Waals surface area contributed by atoms with Crippen LogP contribution in [0.3, 0.4) is 0 Å². The first-order valence-corrected chi connectivity index (χ1v) is 7.45. The fourth-order valence-electron chi connectivity index (χ4n) is 1.89. The molecule has 0 rings (SSSR count). The number of ether oxygens (including phenoxy) is 1. The average Bonchev–Trinajstić information content (AvgIpc) is 2.27. The Labute approximate surface area is 123 Å². The first-order chi connectivity index (χ1) is 9.24. The standard InChI is InChI=1S/C17H29FO2/c1-6-20-16(19)13-15(3)10-7-9-14(2)11-8-12-17(4,5)18/h7,10,13-14H,6,8-9,11-12H2,1-5H3. The summed E-state index contributed by atoms with van der Waals surface area (Å²) >= 11 is 0. The minimum Gasteiger partial charge on any atom is -0.463 e. The maximum absolute atomic E-state index is 13.3. The van der Waals surface area contributed by atoms with Gasteiger partial charge < -0.3 is 4.74 Å². The number of halogens is 1. The minimum atomic E-state index is -1.06. The highest BCUT2D eigenvalue weighted by Crippen LogP contribution is 2.21. The van der Waals surface area contributed by atoms with E-state index in [-0.39, 0.29) is 5.97 Å². The average molecular weight is 284 g/mol. The summed E-state index contributed by atoms with van der Waals surface area (Å²) in [5.41, 5.74) is -0.172. The lowest BCUT2D eigenvalue weighted by Gasteiger charge is -2.15. The molecule has 1 unspecified atom stereocenters. The van der Waals surface area contributed by atoms with E-state index in [1.165, 1.54) is 6.08 Å². The summed E-state index contributed by atoms with van der Waals surface area (Å²) in [4.78, 5) is 11.2. The second kappa shape index (κ2) is 9.73. The van der Waals surface area contributed by atoms with E-state index in [4.69, 9.17) is 4.74 Å². The van der Waals surface area contributed by atoms with Gasteiger partial charge in [-0.2, -0.15) is 0 Å². The van der Waals surface area contributed by atoms with Crippen LogP contribution in [0, 0.1) is 5.92 Å². The van der Waals surface area contributed by atoms with Crippen molar-refractivity contribution < 1.29 is 13.9 Å². The first kappa shape index (κ1) is 18.9. The molecule has 0 aromatic heterocycles. The molecule has 0 aliphatic heterocycles. The Morgan fingerprint density at radius 2 is 2.05 bits per heavy atom. The van der Waals surface area contributed by atoms with Crippen molar-refractivity contribution in [1.29, 1.82) is 0 Å². The highest BCUT2D eigenvalue weighted by Gasteiger charge is 2.14. The molecule has 0 aromatic rings. The first-order valence-electron chi connectivity index (χ1n) is 7.45. The molecule has 0 aliphatic rings. The second-order valence-electron chi connectivity index (χ2n) is 5.99. The van der Waals surface area contributed by atoms with Gasteiger partial charge in [0.1, 0.15) is 5.67 Å². The Morgan fingerprint density at radius 1 is 1.40 bits per heavy atom. The van der Waals surface area contributed by atoms with E-state index in [0.29, 0.717) is 18.9 Å². The van der Waals surface area contributed by atoms with E-state index in [2.05, 4.69) is 13.0 Å². The number of hydrogen-bond donors (Lipinski definition) is 0. The molecule has 0 N–H and O–H groups in total. The van der Waals surface area contributed by atoms with Crippen molar-refractivity contribution in [2.24, 2.45) is 5.92 Å². The third-order valence-corrected chi connectivity index (χ3v) is 3.02. The third-order valence-electron chi connectivity index (χ3n) is 3.02. The zero-order valence-electron chi connectivity index (χ0n) is 13.5. The Morgan fingerprint density at radius 3 is 2.60 bits per heavy atom. The molecule has 0 bridgehead atoms. The van der Waals surface area contributed by atoms with E-state index < -0.39 is 5.67 Å². The number of carbonyl (C=O) groups excluding carboxylic acids is 1. The maximum atomic E-state index is 13.3. The number of rotatable bonds is 9. The van der Waals surface area contributed by atoms with Gasteiger partial charge in [0.25, 0.3) is 0 Å². The van der Waals surface area contributed by atoms with Gasteiger partial charge >= 0.3 is 5.97 Å². The topological polar surface area (TPSA) is 26.3 Å². The van der Waals surface area contributed by atoms with Crippen LogP contribution in [0.25, 0.3) is 0 Å². The SMILES string of the molecule is CCOC(=O)C=C(C)C=CCC(C)CCCC(C)(C)F. The maximum Gasteiger partial charge on any atom is 0.330 e. The van der Waals surface area contributed by atoms with Gasteiger partial charge in [0.15, 0.2) is 0 Å². The predicted octanol–water partition coefficient (Wildman–Crippen LogP) is 5.00. The molecule has 116 valence electrons. The lowest BCUT2D eigenvalue weighted by molar-refractivity contribution is -0.137. The van der Waals surface area contributed by atoms with Crippen LogP contribution >= 0.6 is 0 Å². The van der Waals surface area contributed by atoms with E-state index in [0.717, 1.165) is 24.8 Å². The quantitative estimate of drug-likeness (QED) is 0.338. The molecular formula is C17H29FO2. The van der Waals surface area contributed by atoms with Crippen LogP contribution in [0.5, 0.6) is 0 Å². The van der Waals surface area contributed by atoms with Gasteiger partial charge in [-0.25, -0.2) is 9.18 Å². The van der Waals surface area contributed by atoms with Crippen molar-refractivity contribution in [3.63, 3.8) is 0 Å². The van der Waals surface area contributed by atoms with Gasteiger partial charge in [-0.15, -0.1) is 0 Å². The summed E-state index contributed by atoms with van der Waals surface area (Å²) in [5, 5.41) is 0. The highest BCUT2D eigenvalue weighted by atomic mass is 19.1. The molecule has 0 heterocycles. The Balaban J connectivity index is 3.96. The molecule has 0 saturated carbocycles. The lowest BCUT2D eigenvalue weighted by atomic mass is 9.96. The molecule has 0 aromatic carbocycles. The van der Waals surface area contributed by atoms with E-state index in [1.807, 2.05) is 13.0 Å². The normalized spacial score (nSPS) is 14.6. The van der Waals surface area contributed by atoms with Gasteiger partial charge in [-0.3, -0.25) is 0 Å². The molecule has 1 atom stereocenters. The van der Waals surface area contributed by atoms with Crippen molar-refractivity contribution in [2.45, 2.75) is 66.0 Å². The van der Waals surface area contributed by atoms with Crippen LogP contribution in [-0.2, 0) is 9.53 Å². The molecule has 0 saturated heterocycles. The molecule has 0 aliphatic carbocycles. The fraction of sp³-hybridized carbons (Fsp3) is 0.706. The lowest BCUT2D eigenvalue weighted by Crippen LogP contribution is -2.11. The molecule has 0 fully saturated rings. The number of hydrogen-bond acceptors (Lipinski definition) is 2. The monoisotopic (exact) mass is 284 g/mol. The molecule has 0 radical (unpaired) electrons. The number of carbonyl (C=O) groups is 1. The summed E-state index contributed by atoms with van der Waals surface area (Å²) < 4.78 is 18.2. The summed E-state index contributed by atoms with van der Waals surface area (Å²) in [6.07, 6.45) is 9.00. The van der Waals surface area contributed by atoms with Gasteiger partial charge in [-0.05, 0) is 52.0 Å². The van der Waals surface area contributed by atoms with Crippen molar-refractivity contribution in [3.05, 3.63) is 23.8 Å². The molecule has 0 spiro atoms. The van der Waals surface area contributed by atoms with Crippen LogP contribution in [0.15, 0.2) is 23.8 Å². The van der Waals surface area contributed by atoms with E-state index >= 15 is 0 Å².